The van der Waals surface area contributed by atoms with Gasteiger partial charge in [-0.15, -0.1) is 0 Å². The second-order valence-electron chi connectivity index (χ2n) is 6.31. The number of benzene rings is 1. The lowest BCUT2D eigenvalue weighted by molar-refractivity contribution is 0.0458. The van der Waals surface area contributed by atoms with Crippen LogP contribution in [0.25, 0.3) is 0 Å². The third kappa shape index (κ3) is 3.07. The predicted molar refractivity (Wildman–Crippen MR) is 81.3 cm³/mol. The summed E-state index contributed by atoms with van der Waals surface area (Å²) in [6.07, 6.45) is 3.72. The molecule has 1 aliphatic rings. The molecule has 0 aliphatic heterocycles. The fourth-order valence-corrected chi connectivity index (χ4v) is 3.18. The van der Waals surface area contributed by atoms with Crippen LogP contribution in [0.1, 0.15) is 45.6 Å². The molecule has 3 atom stereocenters. The summed E-state index contributed by atoms with van der Waals surface area (Å²) < 4.78 is 6.20. The molecule has 1 aromatic rings. The lowest BCUT2D eigenvalue weighted by Crippen LogP contribution is -2.36. The average molecular weight is 272 g/mol. The van der Waals surface area contributed by atoms with Crippen molar-refractivity contribution in [1.29, 1.82) is 5.26 Å². The zero-order valence-electron chi connectivity index (χ0n) is 12.6. The summed E-state index contributed by atoms with van der Waals surface area (Å²) in [4.78, 5) is 0. The number of hydrogen-bond donors (Lipinski definition) is 1. The Morgan fingerprint density at radius 1 is 1.35 bits per heavy atom. The van der Waals surface area contributed by atoms with Crippen molar-refractivity contribution in [2.45, 2.75) is 46.1 Å². The van der Waals surface area contributed by atoms with Gasteiger partial charge in [0.05, 0.1) is 5.69 Å². The first-order valence-corrected chi connectivity index (χ1v) is 7.48. The zero-order valence-corrected chi connectivity index (χ0v) is 12.6. The molecule has 0 saturated heterocycles. The van der Waals surface area contributed by atoms with Gasteiger partial charge in [0.1, 0.15) is 23.5 Å². The number of nitrogen functional groups attached to an aromatic ring is 1. The molecule has 2 N–H and O–H groups in total. The Kier molecular flexibility index (Phi) is 4.54. The largest absolute Gasteiger partial charge is 0.489 e. The van der Waals surface area contributed by atoms with Gasteiger partial charge in [0, 0.05) is 0 Å². The van der Waals surface area contributed by atoms with Gasteiger partial charge in [-0.2, -0.15) is 5.26 Å². The molecule has 0 spiro atoms. The molecule has 1 aliphatic carbocycles. The molecule has 1 fully saturated rings. The van der Waals surface area contributed by atoms with E-state index < -0.39 is 0 Å². The van der Waals surface area contributed by atoms with Gasteiger partial charge in [-0.25, -0.2) is 0 Å². The molecule has 20 heavy (non-hydrogen) atoms. The second-order valence-corrected chi connectivity index (χ2v) is 6.31. The van der Waals surface area contributed by atoms with E-state index in [4.69, 9.17) is 10.5 Å². The Hall–Kier alpha value is -1.69. The number of nitrogens with zero attached hydrogens (tertiary/aromatic N) is 1. The highest BCUT2D eigenvalue weighted by Crippen LogP contribution is 2.37. The van der Waals surface area contributed by atoms with Gasteiger partial charge in [-0.05, 0) is 42.7 Å². The van der Waals surface area contributed by atoms with Crippen molar-refractivity contribution in [1.82, 2.24) is 0 Å². The summed E-state index contributed by atoms with van der Waals surface area (Å²) in [5.41, 5.74) is 6.82. The lowest BCUT2D eigenvalue weighted by atomic mass is 9.75. The fraction of sp³-hybridized carbons (Fsp3) is 0.588. The quantitative estimate of drug-likeness (QED) is 0.847. The molecule has 3 nitrogen and oxygen atoms in total. The van der Waals surface area contributed by atoms with Crippen LogP contribution in [0.3, 0.4) is 0 Å². The van der Waals surface area contributed by atoms with E-state index in [2.05, 4.69) is 26.8 Å². The third-order valence-corrected chi connectivity index (χ3v) is 4.41. The monoisotopic (exact) mass is 272 g/mol. The summed E-state index contributed by atoms with van der Waals surface area (Å²) in [5, 5.41) is 9.25. The number of anilines is 1. The average Bonchev–Trinajstić information content (AvgIpc) is 2.38. The van der Waals surface area contributed by atoms with Gasteiger partial charge in [-0.1, -0.05) is 33.3 Å². The van der Waals surface area contributed by atoms with Crippen molar-refractivity contribution in [2.75, 3.05) is 5.73 Å². The van der Waals surface area contributed by atoms with Crippen molar-refractivity contribution in [3.63, 3.8) is 0 Å². The molecular formula is C17H24N2O. The summed E-state index contributed by atoms with van der Waals surface area (Å²) >= 11 is 0. The van der Waals surface area contributed by atoms with E-state index in [-0.39, 0.29) is 6.10 Å². The molecule has 0 bridgehead atoms. The van der Waals surface area contributed by atoms with E-state index in [1.54, 1.807) is 6.07 Å². The van der Waals surface area contributed by atoms with E-state index in [1.165, 1.54) is 12.8 Å². The molecule has 1 saturated carbocycles. The topological polar surface area (TPSA) is 59.0 Å². The highest BCUT2D eigenvalue weighted by atomic mass is 16.5. The third-order valence-electron chi connectivity index (χ3n) is 4.41. The van der Waals surface area contributed by atoms with Crippen LogP contribution < -0.4 is 10.5 Å². The molecule has 0 unspecified atom stereocenters. The standard InChI is InChI=1S/C17H24N2O/c1-11(2)13-8-7-12(3)9-17(13)20-16-6-4-5-15(19)14(16)10-18/h4-6,11-13,17H,7-9,19H2,1-3H3/t12-,13+,17-/m1/s1. The summed E-state index contributed by atoms with van der Waals surface area (Å²) in [6.45, 7) is 6.78. The van der Waals surface area contributed by atoms with Crippen molar-refractivity contribution >= 4 is 5.69 Å². The van der Waals surface area contributed by atoms with Crippen molar-refractivity contribution in [3.05, 3.63) is 23.8 Å². The predicted octanol–water partition coefficient (Wildman–Crippen LogP) is 3.98. The summed E-state index contributed by atoms with van der Waals surface area (Å²) in [7, 11) is 0. The van der Waals surface area contributed by atoms with Crippen molar-refractivity contribution in [3.8, 4) is 11.8 Å². The SMILES string of the molecule is CC(C)[C@@H]1CC[C@@H](C)C[C@H]1Oc1cccc(N)c1C#N. The van der Waals surface area contributed by atoms with Crippen LogP contribution in [0.5, 0.6) is 5.75 Å². The van der Waals surface area contributed by atoms with Crippen LogP contribution in [-0.2, 0) is 0 Å². The van der Waals surface area contributed by atoms with Crippen LogP contribution in [0.15, 0.2) is 18.2 Å². The maximum atomic E-state index is 9.25. The van der Waals surface area contributed by atoms with Crippen LogP contribution in [0, 0.1) is 29.1 Å². The first-order chi connectivity index (χ1) is 9.52. The normalized spacial score (nSPS) is 26.2. The fourth-order valence-electron chi connectivity index (χ4n) is 3.18. The zero-order chi connectivity index (χ0) is 14.7. The van der Waals surface area contributed by atoms with Gasteiger partial charge in [0.15, 0.2) is 0 Å². The smallest absolute Gasteiger partial charge is 0.139 e. The van der Waals surface area contributed by atoms with Gasteiger partial charge >= 0.3 is 0 Å². The van der Waals surface area contributed by atoms with Crippen molar-refractivity contribution in [2.24, 2.45) is 17.8 Å². The highest BCUT2D eigenvalue weighted by Gasteiger charge is 2.32. The molecule has 2 rings (SSSR count). The Labute approximate surface area is 121 Å². The number of hydrogen-bond acceptors (Lipinski definition) is 3. The van der Waals surface area contributed by atoms with Gasteiger partial charge in [0.25, 0.3) is 0 Å². The van der Waals surface area contributed by atoms with Crippen LogP contribution in [-0.4, -0.2) is 6.10 Å². The van der Waals surface area contributed by atoms with Crippen LogP contribution in [0.2, 0.25) is 0 Å². The number of rotatable bonds is 3. The number of ether oxygens (including phenoxy) is 1. The maximum Gasteiger partial charge on any atom is 0.139 e. The van der Waals surface area contributed by atoms with Crippen LogP contribution in [0.4, 0.5) is 5.69 Å². The summed E-state index contributed by atoms with van der Waals surface area (Å²) in [5.74, 6) is 2.47. The molecular weight excluding hydrogens is 248 g/mol. The minimum absolute atomic E-state index is 0.188. The number of nitrogens with two attached hydrogens (primary N) is 1. The van der Waals surface area contributed by atoms with Crippen molar-refractivity contribution < 1.29 is 4.74 Å². The van der Waals surface area contributed by atoms with E-state index in [0.717, 1.165) is 6.42 Å². The maximum absolute atomic E-state index is 9.25. The molecule has 3 heteroatoms. The Morgan fingerprint density at radius 2 is 2.10 bits per heavy atom. The Balaban J connectivity index is 2.23. The van der Waals surface area contributed by atoms with E-state index in [1.807, 2.05) is 12.1 Å². The van der Waals surface area contributed by atoms with Gasteiger partial charge in [0.2, 0.25) is 0 Å². The van der Waals surface area contributed by atoms with Gasteiger partial charge in [-0.3, -0.25) is 0 Å². The molecule has 0 aromatic heterocycles. The lowest BCUT2D eigenvalue weighted by Gasteiger charge is -2.37. The minimum Gasteiger partial charge on any atom is -0.489 e. The molecule has 0 radical (unpaired) electrons. The van der Waals surface area contributed by atoms with E-state index in [9.17, 15) is 5.26 Å². The van der Waals surface area contributed by atoms with Gasteiger partial charge < -0.3 is 10.5 Å². The molecule has 0 amide bonds. The molecule has 0 heterocycles. The Morgan fingerprint density at radius 3 is 2.75 bits per heavy atom. The number of nitriles is 1. The minimum atomic E-state index is 0.188. The molecule has 1 aromatic carbocycles. The second kappa shape index (κ2) is 6.17. The van der Waals surface area contributed by atoms with E-state index >= 15 is 0 Å². The Bertz CT molecular complexity index is 504. The highest BCUT2D eigenvalue weighted by molar-refractivity contribution is 5.60. The van der Waals surface area contributed by atoms with E-state index in [0.29, 0.717) is 34.8 Å². The van der Waals surface area contributed by atoms with Crippen LogP contribution >= 0.6 is 0 Å². The first-order valence-electron chi connectivity index (χ1n) is 7.48. The molecule has 108 valence electrons. The summed E-state index contributed by atoms with van der Waals surface area (Å²) in [6, 6.07) is 7.61. The first kappa shape index (κ1) is 14.7.